The number of pyridine rings is 1. The SMILES string of the molecule is O=C(Nc1ccccn1)OO. The Balaban J connectivity index is 2.58. The first-order valence-corrected chi connectivity index (χ1v) is 2.86. The van der Waals surface area contributed by atoms with Crippen LogP contribution in [0.2, 0.25) is 0 Å². The lowest BCUT2D eigenvalue weighted by molar-refractivity contribution is -0.172. The van der Waals surface area contributed by atoms with Crippen LogP contribution in [0.5, 0.6) is 0 Å². The number of nitrogens with zero attached hydrogens (tertiary/aromatic N) is 1. The maximum Gasteiger partial charge on any atom is 0.444 e. The fourth-order valence-corrected chi connectivity index (χ4v) is 0.564. The average molecular weight is 154 g/mol. The molecule has 5 heteroatoms. The number of anilines is 1. The Morgan fingerprint density at radius 1 is 1.64 bits per heavy atom. The van der Waals surface area contributed by atoms with Crippen molar-refractivity contribution < 1.29 is 14.9 Å². The fourth-order valence-electron chi connectivity index (χ4n) is 0.564. The molecule has 1 aromatic rings. The molecule has 0 bridgehead atoms. The summed E-state index contributed by atoms with van der Waals surface area (Å²) >= 11 is 0. The molecule has 1 amide bonds. The van der Waals surface area contributed by atoms with Crippen molar-refractivity contribution in [2.24, 2.45) is 0 Å². The van der Waals surface area contributed by atoms with Gasteiger partial charge in [-0.15, -0.1) is 0 Å². The highest BCUT2D eigenvalue weighted by Crippen LogP contribution is 1.99. The molecular formula is C6H6N2O3. The summed E-state index contributed by atoms with van der Waals surface area (Å²) in [7, 11) is 0. The summed E-state index contributed by atoms with van der Waals surface area (Å²) in [5, 5.41) is 10.0. The van der Waals surface area contributed by atoms with Gasteiger partial charge >= 0.3 is 6.09 Å². The number of nitrogens with one attached hydrogen (secondary N) is 1. The predicted molar refractivity (Wildman–Crippen MR) is 37.0 cm³/mol. The van der Waals surface area contributed by atoms with Crippen LogP contribution in [0.1, 0.15) is 0 Å². The molecule has 0 aromatic carbocycles. The predicted octanol–water partition coefficient (Wildman–Crippen LogP) is 1.10. The van der Waals surface area contributed by atoms with Crippen LogP contribution in [0.4, 0.5) is 10.6 Å². The van der Waals surface area contributed by atoms with Crippen LogP contribution in [0.25, 0.3) is 0 Å². The molecule has 0 atom stereocenters. The molecule has 0 aliphatic carbocycles. The topological polar surface area (TPSA) is 71.5 Å². The summed E-state index contributed by atoms with van der Waals surface area (Å²) in [5.41, 5.74) is 0. The molecule has 0 aliphatic rings. The number of amides is 1. The van der Waals surface area contributed by atoms with Gasteiger partial charge in [0.25, 0.3) is 0 Å². The molecule has 2 N–H and O–H groups in total. The maximum atomic E-state index is 10.4. The molecule has 0 spiro atoms. The van der Waals surface area contributed by atoms with E-state index in [0.29, 0.717) is 5.82 Å². The van der Waals surface area contributed by atoms with Crippen molar-refractivity contribution in [3.05, 3.63) is 24.4 Å². The van der Waals surface area contributed by atoms with E-state index in [-0.39, 0.29) is 0 Å². The van der Waals surface area contributed by atoms with Gasteiger partial charge in [-0.2, -0.15) is 5.26 Å². The second kappa shape index (κ2) is 3.52. The van der Waals surface area contributed by atoms with Gasteiger partial charge in [-0.25, -0.2) is 9.78 Å². The minimum Gasteiger partial charge on any atom is -0.278 e. The van der Waals surface area contributed by atoms with Crippen molar-refractivity contribution in [3.8, 4) is 0 Å². The highest BCUT2D eigenvalue weighted by atomic mass is 17.1. The van der Waals surface area contributed by atoms with E-state index in [0.717, 1.165) is 0 Å². The van der Waals surface area contributed by atoms with Gasteiger partial charge in [0.05, 0.1) is 0 Å². The van der Waals surface area contributed by atoms with Gasteiger partial charge in [-0.3, -0.25) is 10.2 Å². The Labute approximate surface area is 62.6 Å². The molecule has 5 nitrogen and oxygen atoms in total. The Bertz CT molecular complexity index is 237. The van der Waals surface area contributed by atoms with Crippen molar-refractivity contribution >= 4 is 11.9 Å². The quantitative estimate of drug-likeness (QED) is 0.469. The molecule has 1 rings (SSSR count). The third-order valence-corrected chi connectivity index (χ3v) is 0.978. The Morgan fingerprint density at radius 3 is 3.00 bits per heavy atom. The number of hydrogen-bond donors (Lipinski definition) is 2. The normalized spacial score (nSPS) is 8.82. The largest absolute Gasteiger partial charge is 0.444 e. The lowest BCUT2D eigenvalue weighted by atomic mass is 10.5. The van der Waals surface area contributed by atoms with Crippen LogP contribution < -0.4 is 5.32 Å². The van der Waals surface area contributed by atoms with Gasteiger partial charge in [0, 0.05) is 6.20 Å². The monoisotopic (exact) mass is 154 g/mol. The first-order valence-electron chi connectivity index (χ1n) is 2.86. The van der Waals surface area contributed by atoms with Crippen molar-refractivity contribution in [3.63, 3.8) is 0 Å². The summed E-state index contributed by atoms with van der Waals surface area (Å²) < 4.78 is 0. The summed E-state index contributed by atoms with van der Waals surface area (Å²) in [4.78, 5) is 17.5. The second-order valence-corrected chi connectivity index (χ2v) is 1.72. The van der Waals surface area contributed by atoms with Crippen LogP contribution in [0.15, 0.2) is 24.4 Å². The average Bonchev–Trinajstić information content (AvgIpc) is 2.06. The van der Waals surface area contributed by atoms with E-state index in [1.807, 2.05) is 0 Å². The van der Waals surface area contributed by atoms with E-state index in [2.05, 4.69) is 15.2 Å². The smallest absolute Gasteiger partial charge is 0.278 e. The molecule has 0 unspecified atom stereocenters. The van der Waals surface area contributed by atoms with Gasteiger partial charge in [-0.1, -0.05) is 6.07 Å². The van der Waals surface area contributed by atoms with Gasteiger partial charge in [0.1, 0.15) is 5.82 Å². The first kappa shape index (κ1) is 7.49. The van der Waals surface area contributed by atoms with Crippen LogP contribution in [0.3, 0.4) is 0 Å². The highest BCUT2D eigenvalue weighted by molar-refractivity contribution is 5.82. The Hall–Kier alpha value is -1.62. The van der Waals surface area contributed by atoms with E-state index in [4.69, 9.17) is 5.26 Å². The number of hydrogen-bond acceptors (Lipinski definition) is 4. The molecule has 0 saturated carbocycles. The van der Waals surface area contributed by atoms with Crippen molar-refractivity contribution in [1.82, 2.24) is 4.98 Å². The minimum absolute atomic E-state index is 0.326. The zero-order valence-corrected chi connectivity index (χ0v) is 5.52. The van der Waals surface area contributed by atoms with Gasteiger partial charge in [0.15, 0.2) is 0 Å². The standard InChI is InChI=1S/C6H6N2O3/c9-6(11-10)8-5-3-1-2-4-7-5/h1-4,10H,(H,7,8,9). The van der Waals surface area contributed by atoms with Gasteiger partial charge in [0.2, 0.25) is 0 Å². The van der Waals surface area contributed by atoms with Gasteiger partial charge in [-0.05, 0) is 12.1 Å². The summed E-state index contributed by atoms with van der Waals surface area (Å²) in [6.07, 6.45) is 0.552. The van der Waals surface area contributed by atoms with E-state index >= 15 is 0 Å². The number of carbonyl (C=O) groups excluding carboxylic acids is 1. The van der Waals surface area contributed by atoms with Crippen LogP contribution >= 0.6 is 0 Å². The third kappa shape index (κ3) is 2.23. The second-order valence-electron chi connectivity index (χ2n) is 1.72. The molecular weight excluding hydrogens is 148 g/mol. The molecule has 1 heterocycles. The highest BCUT2D eigenvalue weighted by Gasteiger charge is 2.00. The van der Waals surface area contributed by atoms with E-state index in [9.17, 15) is 4.79 Å². The molecule has 58 valence electrons. The van der Waals surface area contributed by atoms with E-state index in [1.54, 1.807) is 18.2 Å². The lowest BCUT2D eigenvalue weighted by Crippen LogP contribution is -2.11. The minimum atomic E-state index is -0.955. The van der Waals surface area contributed by atoms with Crippen LogP contribution in [-0.4, -0.2) is 16.3 Å². The van der Waals surface area contributed by atoms with Crippen LogP contribution in [0, 0.1) is 0 Å². The van der Waals surface area contributed by atoms with Gasteiger partial charge < -0.3 is 0 Å². The number of rotatable bonds is 1. The number of carbonyl (C=O) groups is 1. The van der Waals surface area contributed by atoms with Crippen LogP contribution in [-0.2, 0) is 4.89 Å². The fraction of sp³-hybridized carbons (Fsp3) is 0. The molecule has 0 radical (unpaired) electrons. The van der Waals surface area contributed by atoms with Crippen molar-refractivity contribution in [2.45, 2.75) is 0 Å². The Morgan fingerprint density at radius 2 is 2.45 bits per heavy atom. The molecule has 0 aliphatic heterocycles. The molecule has 11 heavy (non-hydrogen) atoms. The zero-order valence-electron chi connectivity index (χ0n) is 5.52. The van der Waals surface area contributed by atoms with Crippen molar-refractivity contribution in [2.75, 3.05) is 5.32 Å². The summed E-state index contributed by atoms with van der Waals surface area (Å²) in [6.45, 7) is 0. The first-order chi connectivity index (χ1) is 5.33. The van der Waals surface area contributed by atoms with E-state index in [1.165, 1.54) is 6.20 Å². The lowest BCUT2D eigenvalue weighted by Gasteiger charge is -1.98. The summed E-state index contributed by atoms with van der Waals surface area (Å²) in [6, 6.07) is 4.96. The number of aromatic nitrogens is 1. The van der Waals surface area contributed by atoms with E-state index < -0.39 is 6.09 Å². The van der Waals surface area contributed by atoms with Crippen molar-refractivity contribution in [1.29, 1.82) is 0 Å². The molecule has 1 aromatic heterocycles. The molecule has 0 saturated heterocycles. The third-order valence-electron chi connectivity index (χ3n) is 0.978. The summed E-state index contributed by atoms with van der Waals surface area (Å²) in [5.74, 6) is 0.326. The maximum absolute atomic E-state index is 10.4. The Kier molecular flexibility index (Phi) is 2.40. The molecule has 0 fully saturated rings. The zero-order chi connectivity index (χ0) is 8.10.